The topological polar surface area (TPSA) is 82.6 Å². The first kappa shape index (κ1) is 21.2. The molecule has 3 aromatic rings. The lowest BCUT2D eigenvalue weighted by Crippen LogP contribution is -2.41. The monoisotopic (exact) mass is 492 g/mol. The first-order valence-corrected chi connectivity index (χ1v) is 12.7. The Bertz CT molecular complexity index is 1280. The Hall–Kier alpha value is -2.69. The minimum absolute atomic E-state index is 0.0742. The summed E-state index contributed by atoms with van der Waals surface area (Å²) in [5, 5.41) is 2.09. The maximum atomic E-state index is 13.8. The van der Waals surface area contributed by atoms with Crippen LogP contribution >= 0.6 is 22.9 Å². The van der Waals surface area contributed by atoms with Gasteiger partial charge in [-0.25, -0.2) is 17.8 Å². The van der Waals surface area contributed by atoms with E-state index in [0.717, 1.165) is 11.3 Å². The minimum Gasteiger partial charge on any atom is -0.359 e. The van der Waals surface area contributed by atoms with Crippen molar-refractivity contribution in [3.63, 3.8) is 0 Å². The van der Waals surface area contributed by atoms with E-state index >= 15 is 0 Å². The third-order valence-corrected chi connectivity index (χ3v) is 8.33. The van der Waals surface area contributed by atoms with Crippen LogP contribution in [0.1, 0.15) is 12.0 Å². The Morgan fingerprint density at radius 1 is 1.16 bits per heavy atom. The number of hydrogen-bond donors (Lipinski definition) is 1. The molecule has 2 aromatic carbocycles. The number of amides is 1. The fourth-order valence-electron chi connectivity index (χ4n) is 4.23. The molecule has 0 radical (unpaired) electrons. The largest absolute Gasteiger partial charge is 0.359 e. The van der Waals surface area contributed by atoms with E-state index in [1.54, 1.807) is 28.5 Å². The van der Waals surface area contributed by atoms with Crippen molar-refractivity contribution in [3.05, 3.63) is 64.4 Å². The van der Waals surface area contributed by atoms with E-state index in [-0.39, 0.29) is 27.0 Å². The Labute approximate surface area is 193 Å². The molecule has 1 fully saturated rings. The maximum absolute atomic E-state index is 13.8. The van der Waals surface area contributed by atoms with Gasteiger partial charge in [-0.05, 0) is 54.8 Å². The van der Waals surface area contributed by atoms with Crippen molar-refractivity contribution in [2.45, 2.75) is 23.8 Å². The zero-order valence-corrected chi connectivity index (χ0v) is 19.1. The van der Waals surface area contributed by atoms with Gasteiger partial charge in [-0.1, -0.05) is 11.6 Å². The lowest BCUT2D eigenvalue weighted by Gasteiger charge is -2.26. The summed E-state index contributed by atoms with van der Waals surface area (Å²) in [6, 6.07) is 8.83. The van der Waals surface area contributed by atoms with Gasteiger partial charge in [0.2, 0.25) is 5.91 Å². The number of carbonyl (C=O) groups is 1. The zero-order valence-electron chi connectivity index (χ0n) is 16.7. The number of sulfonamides is 1. The van der Waals surface area contributed by atoms with Gasteiger partial charge >= 0.3 is 0 Å². The van der Waals surface area contributed by atoms with Crippen LogP contribution in [0.4, 0.5) is 20.9 Å². The van der Waals surface area contributed by atoms with Gasteiger partial charge in [0.05, 0.1) is 9.92 Å². The quantitative estimate of drug-likeness (QED) is 0.584. The summed E-state index contributed by atoms with van der Waals surface area (Å²) >= 11 is 7.30. The number of hydrogen-bond acceptors (Lipinski definition) is 6. The number of benzene rings is 2. The second-order valence-corrected chi connectivity index (χ2v) is 10.5. The number of anilines is 3. The van der Waals surface area contributed by atoms with Crippen LogP contribution in [-0.4, -0.2) is 38.4 Å². The molecule has 1 unspecified atom stereocenters. The van der Waals surface area contributed by atoms with Crippen LogP contribution in [0.5, 0.6) is 0 Å². The molecule has 0 saturated carbocycles. The van der Waals surface area contributed by atoms with Crippen LogP contribution in [0.3, 0.4) is 0 Å². The second kappa shape index (κ2) is 8.02. The highest BCUT2D eigenvalue weighted by Crippen LogP contribution is 2.38. The summed E-state index contributed by atoms with van der Waals surface area (Å²) in [5.74, 6) is -0.527. The lowest BCUT2D eigenvalue weighted by atomic mass is 10.1. The molecule has 1 N–H and O–H groups in total. The number of fused-ring (bicyclic) bond motifs is 1. The average molecular weight is 493 g/mol. The molecular formula is C21H18ClFN4O3S2. The highest BCUT2D eigenvalue weighted by molar-refractivity contribution is 7.93. The zero-order chi connectivity index (χ0) is 22.5. The van der Waals surface area contributed by atoms with Gasteiger partial charge in [0, 0.05) is 36.0 Å². The fourth-order valence-corrected chi connectivity index (χ4v) is 6.27. The standard InChI is InChI=1S/C21H18ClFN4O3S2/c22-19-15-7-10-27(17(15)6-5-16(19)23)18-8-11-26(20(18)28)13-1-3-14(4-2-13)32(29,30)25-21-24-9-12-31-21/h1-6,9,12,18H,7-8,10-11H2,(H,24,25). The molecule has 3 heterocycles. The Morgan fingerprint density at radius 3 is 2.66 bits per heavy atom. The number of aromatic nitrogens is 1. The number of nitrogens with one attached hydrogen (secondary N) is 1. The normalized spacial score (nSPS) is 18.3. The van der Waals surface area contributed by atoms with Crippen LogP contribution in [0, 0.1) is 5.82 Å². The van der Waals surface area contributed by atoms with E-state index < -0.39 is 15.8 Å². The highest BCUT2D eigenvalue weighted by atomic mass is 35.5. The Kier molecular flexibility index (Phi) is 5.31. The summed E-state index contributed by atoms with van der Waals surface area (Å²) in [6.07, 6.45) is 2.72. The van der Waals surface area contributed by atoms with Crippen molar-refractivity contribution in [1.29, 1.82) is 0 Å². The fraction of sp³-hybridized carbons (Fsp3) is 0.238. The van der Waals surface area contributed by atoms with Gasteiger partial charge < -0.3 is 9.80 Å². The first-order valence-electron chi connectivity index (χ1n) is 9.92. The number of halogens is 2. The highest BCUT2D eigenvalue weighted by Gasteiger charge is 2.39. The number of carbonyl (C=O) groups excluding carboxylic acids is 1. The van der Waals surface area contributed by atoms with Crippen molar-refractivity contribution in [1.82, 2.24) is 4.98 Å². The Balaban J connectivity index is 1.33. The van der Waals surface area contributed by atoms with E-state index in [9.17, 15) is 17.6 Å². The number of rotatable bonds is 5. The van der Waals surface area contributed by atoms with Crippen LogP contribution in [0.25, 0.3) is 0 Å². The van der Waals surface area contributed by atoms with E-state index in [1.165, 1.54) is 35.7 Å². The molecule has 11 heteroatoms. The summed E-state index contributed by atoms with van der Waals surface area (Å²) in [4.78, 5) is 20.8. The predicted molar refractivity (Wildman–Crippen MR) is 123 cm³/mol. The third-order valence-electron chi connectivity index (χ3n) is 5.75. The molecule has 1 aromatic heterocycles. The molecule has 166 valence electrons. The van der Waals surface area contributed by atoms with Gasteiger partial charge in [0.1, 0.15) is 11.9 Å². The van der Waals surface area contributed by atoms with Gasteiger partial charge in [-0.3, -0.25) is 9.52 Å². The van der Waals surface area contributed by atoms with Crippen molar-refractivity contribution < 1.29 is 17.6 Å². The van der Waals surface area contributed by atoms with Crippen molar-refractivity contribution in [3.8, 4) is 0 Å². The van der Waals surface area contributed by atoms with Crippen LogP contribution in [-0.2, 0) is 21.2 Å². The predicted octanol–water partition coefficient (Wildman–Crippen LogP) is 3.90. The van der Waals surface area contributed by atoms with Crippen molar-refractivity contribution in [2.75, 3.05) is 27.6 Å². The van der Waals surface area contributed by atoms with E-state index in [0.29, 0.717) is 31.6 Å². The van der Waals surface area contributed by atoms with E-state index in [2.05, 4.69) is 9.71 Å². The molecule has 5 rings (SSSR count). The number of thiazole rings is 1. The minimum atomic E-state index is -3.76. The molecule has 0 aliphatic carbocycles. The number of nitrogens with zero attached hydrogens (tertiary/aromatic N) is 3. The van der Waals surface area contributed by atoms with E-state index in [1.807, 2.05) is 4.90 Å². The lowest BCUT2D eigenvalue weighted by molar-refractivity contribution is -0.118. The molecule has 2 aliphatic heterocycles. The van der Waals surface area contributed by atoms with Crippen molar-refractivity contribution in [2.24, 2.45) is 0 Å². The molecule has 32 heavy (non-hydrogen) atoms. The van der Waals surface area contributed by atoms with Crippen molar-refractivity contribution >= 4 is 55.4 Å². The molecular weight excluding hydrogens is 475 g/mol. The van der Waals surface area contributed by atoms with Crippen LogP contribution in [0.2, 0.25) is 5.02 Å². The summed E-state index contributed by atoms with van der Waals surface area (Å²) < 4.78 is 41.3. The van der Waals surface area contributed by atoms with Gasteiger partial charge in [-0.15, -0.1) is 11.3 Å². The van der Waals surface area contributed by atoms with Crippen LogP contribution in [0.15, 0.2) is 52.9 Å². The van der Waals surface area contributed by atoms with Gasteiger partial charge in [0.15, 0.2) is 5.13 Å². The smallest absolute Gasteiger partial charge is 0.263 e. The second-order valence-electron chi connectivity index (χ2n) is 7.53. The molecule has 1 saturated heterocycles. The summed E-state index contributed by atoms with van der Waals surface area (Å²) in [5.41, 5.74) is 2.16. The van der Waals surface area contributed by atoms with Gasteiger partial charge in [0.25, 0.3) is 10.0 Å². The SMILES string of the molecule is O=C1C(N2CCc3c2ccc(F)c3Cl)CCN1c1ccc(S(=O)(=O)Nc2nccs2)cc1. The van der Waals surface area contributed by atoms with E-state index in [4.69, 9.17) is 11.6 Å². The average Bonchev–Trinajstić information content (AvgIpc) is 3.51. The maximum Gasteiger partial charge on any atom is 0.263 e. The molecule has 0 spiro atoms. The molecule has 7 nitrogen and oxygen atoms in total. The molecule has 2 aliphatic rings. The third kappa shape index (κ3) is 3.62. The molecule has 1 amide bonds. The Morgan fingerprint density at radius 2 is 1.94 bits per heavy atom. The summed E-state index contributed by atoms with van der Waals surface area (Å²) in [6.45, 7) is 1.11. The molecule has 1 atom stereocenters. The molecule has 0 bridgehead atoms. The van der Waals surface area contributed by atoms with Gasteiger partial charge in [-0.2, -0.15) is 0 Å². The van der Waals surface area contributed by atoms with Crippen LogP contribution < -0.4 is 14.5 Å². The first-order chi connectivity index (χ1) is 15.3. The summed E-state index contributed by atoms with van der Waals surface area (Å²) in [7, 11) is -3.76.